The van der Waals surface area contributed by atoms with E-state index in [4.69, 9.17) is 4.98 Å². The van der Waals surface area contributed by atoms with Crippen LogP contribution in [-0.2, 0) is 32.1 Å². The number of rotatable bonds is 15. The number of likely N-dealkylation sites (N-methyl/N-ethyl adjacent to an activating group) is 2. The van der Waals surface area contributed by atoms with E-state index in [1.165, 1.54) is 21.9 Å². The molecule has 2 aromatic heterocycles. The van der Waals surface area contributed by atoms with E-state index in [2.05, 4.69) is 26.3 Å². The summed E-state index contributed by atoms with van der Waals surface area (Å²) in [5, 5.41) is 12.2. The Morgan fingerprint density at radius 3 is 2.12 bits per heavy atom. The molecule has 8 atom stereocenters. The van der Waals surface area contributed by atoms with Gasteiger partial charge in [-0.15, -0.1) is 0 Å². The Kier molecular flexibility index (Phi) is 13.2. The van der Waals surface area contributed by atoms with Gasteiger partial charge in [0.05, 0.1) is 47.9 Å². The van der Waals surface area contributed by atoms with Gasteiger partial charge < -0.3 is 40.6 Å². The van der Waals surface area contributed by atoms with Crippen molar-refractivity contribution >= 4 is 45.6 Å². The van der Waals surface area contributed by atoms with Crippen molar-refractivity contribution in [1.29, 1.82) is 0 Å². The maximum absolute atomic E-state index is 15.4. The van der Waals surface area contributed by atoms with Gasteiger partial charge in [0.2, 0.25) is 23.6 Å². The van der Waals surface area contributed by atoms with E-state index < -0.39 is 60.3 Å². The number of benzene rings is 2. The topological polar surface area (TPSA) is 156 Å². The first-order valence-electron chi connectivity index (χ1n) is 20.3. The summed E-state index contributed by atoms with van der Waals surface area (Å²) in [6.45, 7) is 8.66. The quantitative estimate of drug-likeness (QED) is 0.122. The Labute approximate surface area is 336 Å². The minimum atomic E-state index is -1.31. The molecule has 5 N–H and O–H groups in total. The molecule has 314 valence electrons. The number of nitrogens with one attached hydrogen (secondary N) is 5. The summed E-state index contributed by atoms with van der Waals surface area (Å²) < 4.78 is 47.4. The molecule has 1 unspecified atom stereocenters. The summed E-state index contributed by atoms with van der Waals surface area (Å²) in [5.74, 6) is -1.81. The molecule has 58 heavy (non-hydrogen) atoms. The first-order chi connectivity index (χ1) is 27.6. The minimum absolute atomic E-state index is 0.0382. The van der Waals surface area contributed by atoms with Crippen LogP contribution in [0, 0.1) is 11.7 Å². The van der Waals surface area contributed by atoms with Crippen molar-refractivity contribution in [2.24, 2.45) is 5.92 Å². The first kappa shape index (κ1) is 42.6. The third kappa shape index (κ3) is 8.72. The summed E-state index contributed by atoms with van der Waals surface area (Å²) in [7, 11) is 3.30. The number of likely N-dealkylation sites (tertiary alicyclic amines) is 2. The van der Waals surface area contributed by atoms with Crippen LogP contribution in [0.2, 0.25) is 0 Å². The molecule has 4 amide bonds. The van der Waals surface area contributed by atoms with Gasteiger partial charge in [-0.05, 0) is 70.5 Å². The number of carbonyl (C=O) groups is 4. The standard InChI is InChI=1S/C42H56F3N9O4/c1-8-32(50-39(55)23(4)46-6)41(57)52-19-26(44)15-28(52)18-31-30-11-9-10-12-33(30)48-37(31)38-49-34-17-25(43)13-14-35(34)54(38)21-29-16-27(45)20-53(29)42(58)36(22(2)3)51-40(56)24(5)47-7/h9-14,17,22-24,26-29,32,36,46-48H,8,15-16,18-21H2,1-7H3,(H,50,55)(H,51,56)/t23-,24-,26-,27-,28-,29-,32-,36?/m0/s1. The molecule has 4 aromatic rings. The maximum atomic E-state index is 15.4. The second-order valence-electron chi connectivity index (χ2n) is 16.1. The molecule has 2 fully saturated rings. The zero-order valence-electron chi connectivity index (χ0n) is 34.2. The van der Waals surface area contributed by atoms with E-state index in [0.717, 1.165) is 16.5 Å². The van der Waals surface area contributed by atoms with Gasteiger partial charge in [-0.1, -0.05) is 39.0 Å². The van der Waals surface area contributed by atoms with Gasteiger partial charge in [0.1, 0.15) is 30.2 Å². The summed E-state index contributed by atoms with van der Waals surface area (Å²) in [6, 6.07) is 7.82. The Balaban J connectivity index is 1.39. The van der Waals surface area contributed by atoms with Crippen LogP contribution < -0.4 is 21.3 Å². The molecule has 4 heterocycles. The lowest BCUT2D eigenvalue weighted by Gasteiger charge is -2.32. The van der Waals surface area contributed by atoms with Crippen molar-refractivity contribution < 1.29 is 32.3 Å². The highest BCUT2D eigenvalue weighted by Crippen LogP contribution is 2.37. The summed E-state index contributed by atoms with van der Waals surface area (Å²) in [4.78, 5) is 65.3. The number of halogens is 3. The lowest BCUT2D eigenvalue weighted by atomic mass is 9.99. The van der Waals surface area contributed by atoms with Crippen molar-refractivity contribution in [3.05, 3.63) is 53.8 Å². The van der Waals surface area contributed by atoms with Crippen molar-refractivity contribution in [3.63, 3.8) is 0 Å². The van der Waals surface area contributed by atoms with Gasteiger partial charge >= 0.3 is 0 Å². The van der Waals surface area contributed by atoms with Gasteiger partial charge in [-0.3, -0.25) is 19.2 Å². The van der Waals surface area contributed by atoms with Gasteiger partial charge in [0.15, 0.2) is 5.82 Å². The van der Waals surface area contributed by atoms with Crippen LogP contribution in [0.5, 0.6) is 0 Å². The molecule has 0 aliphatic carbocycles. The van der Waals surface area contributed by atoms with Crippen LogP contribution in [0.15, 0.2) is 42.5 Å². The molecule has 0 radical (unpaired) electrons. The molecule has 0 saturated carbocycles. The number of aromatic amines is 1. The number of nitrogens with zero attached hydrogens (tertiary/aromatic N) is 4. The Morgan fingerprint density at radius 2 is 1.48 bits per heavy atom. The van der Waals surface area contributed by atoms with Gasteiger partial charge in [-0.25, -0.2) is 18.2 Å². The normalized spacial score (nSPS) is 21.8. The SMILES string of the molecule is CC[C@H](NC(=O)[C@H](C)NC)C(=O)N1C[C@@H](F)C[C@H]1Cc1c(-c2nc3cc(F)ccc3n2C[C@@H]2C[C@H](F)CN2C(=O)C(NC(=O)[C@H](C)NC)C(C)C)[nH]c2ccccc12. The number of fused-ring (bicyclic) bond motifs is 2. The van der Waals surface area contributed by atoms with E-state index in [9.17, 15) is 23.6 Å². The summed E-state index contributed by atoms with van der Waals surface area (Å²) >= 11 is 0. The zero-order chi connectivity index (χ0) is 42.0. The Morgan fingerprint density at radius 1 is 0.862 bits per heavy atom. The van der Waals surface area contributed by atoms with Crippen molar-refractivity contribution in [2.45, 2.75) is 115 Å². The molecule has 2 aliphatic heterocycles. The van der Waals surface area contributed by atoms with Crippen molar-refractivity contribution in [2.75, 3.05) is 27.2 Å². The fourth-order valence-corrected chi connectivity index (χ4v) is 8.22. The molecule has 2 saturated heterocycles. The van der Waals surface area contributed by atoms with E-state index in [1.54, 1.807) is 40.9 Å². The van der Waals surface area contributed by atoms with Crippen molar-refractivity contribution in [3.8, 4) is 11.5 Å². The third-order valence-electron chi connectivity index (χ3n) is 11.8. The lowest BCUT2D eigenvalue weighted by molar-refractivity contribution is -0.139. The van der Waals surface area contributed by atoms with E-state index in [-0.39, 0.29) is 62.5 Å². The maximum Gasteiger partial charge on any atom is 0.245 e. The summed E-state index contributed by atoms with van der Waals surface area (Å²) in [5.41, 5.74) is 2.99. The molecule has 0 bridgehead atoms. The number of hydrogen-bond donors (Lipinski definition) is 5. The number of imidazole rings is 1. The van der Waals surface area contributed by atoms with Gasteiger partial charge in [0, 0.05) is 42.4 Å². The minimum Gasteiger partial charge on any atom is -0.352 e. The molecule has 0 spiro atoms. The number of hydrogen-bond acceptors (Lipinski definition) is 7. The molecular formula is C42H56F3N9O4. The average molecular weight is 808 g/mol. The summed E-state index contributed by atoms with van der Waals surface area (Å²) in [6.07, 6.45) is -1.91. The molecular weight excluding hydrogens is 752 g/mol. The highest BCUT2D eigenvalue weighted by Gasteiger charge is 2.42. The molecule has 6 rings (SSSR count). The van der Waals surface area contributed by atoms with Gasteiger partial charge in [-0.2, -0.15) is 0 Å². The average Bonchev–Trinajstić information content (AvgIpc) is 3.97. The highest BCUT2D eigenvalue weighted by atomic mass is 19.1. The largest absolute Gasteiger partial charge is 0.352 e. The number of carbonyl (C=O) groups excluding carboxylic acids is 4. The number of amides is 4. The number of aromatic nitrogens is 3. The Bertz CT molecular complexity index is 2140. The smallest absolute Gasteiger partial charge is 0.245 e. The molecule has 2 aliphatic rings. The zero-order valence-corrected chi connectivity index (χ0v) is 34.2. The van der Waals surface area contributed by atoms with Crippen LogP contribution in [0.25, 0.3) is 33.5 Å². The molecule has 16 heteroatoms. The van der Waals surface area contributed by atoms with Crippen LogP contribution in [-0.4, -0.2) is 124 Å². The lowest BCUT2D eigenvalue weighted by Crippen LogP contribution is -2.55. The Hall–Kier alpha value is -4.96. The monoisotopic (exact) mass is 807 g/mol. The molecule has 13 nitrogen and oxygen atoms in total. The highest BCUT2D eigenvalue weighted by molar-refractivity contribution is 5.93. The van der Waals surface area contributed by atoms with E-state index >= 15 is 8.78 Å². The predicted molar refractivity (Wildman–Crippen MR) is 217 cm³/mol. The predicted octanol–water partition coefficient (Wildman–Crippen LogP) is 4.00. The first-order valence-corrected chi connectivity index (χ1v) is 20.3. The van der Waals surface area contributed by atoms with Crippen LogP contribution in [0.1, 0.15) is 59.4 Å². The molecule has 2 aromatic carbocycles. The second kappa shape index (κ2) is 17.9. The van der Waals surface area contributed by atoms with Gasteiger partial charge in [0.25, 0.3) is 0 Å². The second-order valence-corrected chi connectivity index (χ2v) is 16.1. The fourth-order valence-electron chi connectivity index (χ4n) is 8.22. The van der Waals surface area contributed by atoms with E-state index in [1.807, 2.05) is 42.7 Å². The fraction of sp³-hybridized carbons (Fsp3) is 0.548. The van der Waals surface area contributed by atoms with E-state index in [0.29, 0.717) is 29.0 Å². The van der Waals surface area contributed by atoms with Crippen LogP contribution >= 0.6 is 0 Å². The van der Waals surface area contributed by atoms with Crippen molar-refractivity contribution in [1.82, 2.24) is 45.6 Å². The number of para-hydroxylation sites is 1. The third-order valence-corrected chi connectivity index (χ3v) is 11.8. The number of H-pyrrole nitrogens is 1. The van der Waals surface area contributed by atoms with Crippen LogP contribution in [0.3, 0.4) is 0 Å². The van der Waals surface area contributed by atoms with Crippen LogP contribution in [0.4, 0.5) is 13.2 Å². The number of alkyl halides is 2.